The van der Waals surface area contributed by atoms with Crippen molar-refractivity contribution < 1.29 is 4.52 Å². The highest BCUT2D eigenvalue weighted by molar-refractivity contribution is 5.80. The maximum absolute atomic E-state index is 5.50. The highest BCUT2D eigenvalue weighted by Gasteiger charge is 2.24. The molecule has 1 aromatic heterocycles. The molecule has 0 atom stereocenters. The predicted octanol–water partition coefficient (Wildman–Crippen LogP) is 2.54. The van der Waals surface area contributed by atoms with Crippen molar-refractivity contribution in [1.82, 2.24) is 15.4 Å². The summed E-state index contributed by atoms with van der Waals surface area (Å²) in [7, 11) is 2.01. The monoisotopic (exact) mass is 273 g/mol. The third-order valence-corrected chi connectivity index (χ3v) is 4.31. The van der Waals surface area contributed by atoms with E-state index >= 15 is 0 Å². The van der Waals surface area contributed by atoms with E-state index in [1.54, 1.807) is 0 Å². The Morgan fingerprint density at radius 3 is 2.90 bits per heavy atom. The molecular formula is C16H23N3O. The number of piperidine rings is 1. The Hall–Kier alpha value is -1.39. The summed E-state index contributed by atoms with van der Waals surface area (Å²) in [6.45, 7) is 6.61. The fourth-order valence-electron chi connectivity index (χ4n) is 3.06. The number of hydrogen-bond donors (Lipinski definition) is 1. The molecule has 1 aliphatic rings. The Labute approximate surface area is 120 Å². The van der Waals surface area contributed by atoms with E-state index in [-0.39, 0.29) is 0 Å². The minimum Gasteiger partial charge on any atom is -0.356 e. The molecule has 20 heavy (non-hydrogen) atoms. The van der Waals surface area contributed by atoms with Crippen molar-refractivity contribution in [3.8, 4) is 0 Å². The first-order valence-corrected chi connectivity index (χ1v) is 7.51. The third-order valence-electron chi connectivity index (χ3n) is 4.31. The van der Waals surface area contributed by atoms with Crippen LogP contribution in [0.5, 0.6) is 0 Å². The molecule has 3 rings (SSSR count). The Morgan fingerprint density at radius 2 is 2.15 bits per heavy atom. The van der Waals surface area contributed by atoms with Gasteiger partial charge in [-0.15, -0.1) is 0 Å². The lowest BCUT2D eigenvalue weighted by Crippen LogP contribution is -2.37. The smallest absolute Gasteiger partial charge is 0.167 e. The van der Waals surface area contributed by atoms with Gasteiger partial charge < -0.3 is 14.7 Å². The number of rotatable bonds is 4. The summed E-state index contributed by atoms with van der Waals surface area (Å²) in [6, 6.07) is 6.38. The zero-order chi connectivity index (χ0) is 13.9. The van der Waals surface area contributed by atoms with Gasteiger partial charge in [-0.25, -0.2) is 0 Å². The molecule has 2 aromatic rings. The molecule has 0 unspecified atom stereocenters. The van der Waals surface area contributed by atoms with Gasteiger partial charge in [0.15, 0.2) is 5.58 Å². The van der Waals surface area contributed by atoms with Gasteiger partial charge in [0.25, 0.3) is 0 Å². The Bertz CT molecular complexity index is 570. The summed E-state index contributed by atoms with van der Waals surface area (Å²) >= 11 is 0. The molecule has 1 N–H and O–H groups in total. The maximum Gasteiger partial charge on any atom is 0.167 e. The lowest BCUT2D eigenvalue weighted by atomic mass is 9.91. The molecule has 1 aliphatic heterocycles. The van der Waals surface area contributed by atoms with Crippen molar-refractivity contribution in [1.29, 1.82) is 0 Å². The van der Waals surface area contributed by atoms with E-state index in [1.807, 2.05) is 7.05 Å². The number of nitrogens with zero attached hydrogens (tertiary/aromatic N) is 2. The van der Waals surface area contributed by atoms with Gasteiger partial charge in [0.05, 0.1) is 5.69 Å². The fourth-order valence-corrected chi connectivity index (χ4v) is 3.06. The number of fused-ring (bicyclic) bond motifs is 1. The van der Waals surface area contributed by atoms with E-state index in [2.05, 4.69) is 40.5 Å². The van der Waals surface area contributed by atoms with Gasteiger partial charge in [-0.05, 0) is 57.6 Å². The van der Waals surface area contributed by atoms with Crippen LogP contribution in [-0.4, -0.2) is 43.3 Å². The number of hydrogen-bond acceptors (Lipinski definition) is 4. The number of likely N-dealkylation sites (N-methyl/N-ethyl adjacent to an activating group) is 1. The van der Waals surface area contributed by atoms with E-state index in [0.29, 0.717) is 5.92 Å². The van der Waals surface area contributed by atoms with Crippen molar-refractivity contribution in [3.63, 3.8) is 0 Å². The van der Waals surface area contributed by atoms with Crippen LogP contribution in [0.25, 0.3) is 11.0 Å². The molecular weight excluding hydrogens is 250 g/mol. The zero-order valence-electron chi connectivity index (χ0n) is 12.4. The van der Waals surface area contributed by atoms with Gasteiger partial charge in [0.1, 0.15) is 0 Å². The van der Waals surface area contributed by atoms with Crippen LogP contribution in [0.15, 0.2) is 22.7 Å². The van der Waals surface area contributed by atoms with Crippen LogP contribution < -0.4 is 5.32 Å². The summed E-state index contributed by atoms with van der Waals surface area (Å²) in [5, 5.41) is 8.75. The van der Waals surface area contributed by atoms with Crippen molar-refractivity contribution in [2.45, 2.75) is 25.7 Å². The van der Waals surface area contributed by atoms with Crippen LogP contribution in [-0.2, 0) is 0 Å². The highest BCUT2D eigenvalue weighted by Crippen LogP contribution is 2.32. The Balaban J connectivity index is 1.70. The molecule has 1 fully saturated rings. The topological polar surface area (TPSA) is 41.3 Å². The summed E-state index contributed by atoms with van der Waals surface area (Å²) < 4.78 is 5.50. The zero-order valence-corrected chi connectivity index (χ0v) is 12.4. The summed E-state index contributed by atoms with van der Waals surface area (Å²) in [4.78, 5) is 2.53. The predicted molar refractivity (Wildman–Crippen MR) is 81.1 cm³/mol. The van der Waals surface area contributed by atoms with Crippen LogP contribution in [0.1, 0.15) is 30.0 Å². The number of likely N-dealkylation sites (tertiary alicyclic amines) is 1. The molecule has 0 amide bonds. The summed E-state index contributed by atoms with van der Waals surface area (Å²) in [5.41, 5.74) is 3.31. The summed E-state index contributed by atoms with van der Waals surface area (Å²) in [5.74, 6) is 0.546. The standard InChI is InChI=1S/C16H23N3O/c1-12-3-4-14-15(11-12)20-18-16(14)13-5-8-19(9-6-13)10-7-17-2/h3-4,11,13,17H,5-10H2,1-2H3. The normalized spacial score (nSPS) is 17.9. The molecule has 0 spiro atoms. The van der Waals surface area contributed by atoms with Crippen LogP contribution in [0.3, 0.4) is 0 Å². The van der Waals surface area contributed by atoms with Crippen molar-refractivity contribution in [3.05, 3.63) is 29.5 Å². The minimum absolute atomic E-state index is 0.546. The molecule has 108 valence electrons. The van der Waals surface area contributed by atoms with E-state index in [1.165, 1.54) is 23.8 Å². The van der Waals surface area contributed by atoms with E-state index in [9.17, 15) is 0 Å². The van der Waals surface area contributed by atoms with Crippen molar-refractivity contribution in [2.24, 2.45) is 0 Å². The number of nitrogens with one attached hydrogen (secondary N) is 1. The third kappa shape index (κ3) is 2.72. The highest BCUT2D eigenvalue weighted by atomic mass is 16.5. The van der Waals surface area contributed by atoms with Crippen LogP contribution in [0.2, 0.25) is 0 Å². The van der Waals surface area contributed by atoms with Crippen LogP contribution >= 0.6 is 0 Å². The van der Waals surface area contributed by atoms with Gasteiger partial charge in [-0.1, -0.05) is 11.2 Å². The quantitative estimate of drug-likeness (QED) is 0.929. The molecule has 0 aliphatic carbocycles. The number of aryl methyl sites for hydroxylation is 1. The second kappa shape index (κ2) is 5.94. The second-order valence-electron chi connectivity index (χ2n) is 5.79. The van der Waals surface area contributed by atoms with Crippen LogP contribution in [0, 0.1) is 6.92 Å². The van der Waals surface area contributed by atoms with Gasteiger partial charge >= 0.3 is 0 Å². The van der Waals surface area contributed by atoms with E-state index in [4.69, 9.17) is 4.52 Å². The largest absolute Gasteiger partial charge is 0.356 e. The first-order chi connectivity index (χ1) is 9.78. The van der Waals surface area contributed by atoms with Gasteiger partial charge in [-0.2, -0.15) is 0 Å². The Morgan fingerprint density at radius 1 is 1.35 bits per heavy atom. The van der Waals surface area contributed by atoms with E-state index < -0.39 is 0 Å². The molecule has 2 heterocycles. The first-order valence-electron chi connectivity index (χ1n) is 7.51. The molecule has 1 aromatic carbocycles. The second-order valence-corrected chi connectivity index (χ2v) is 5.79. The van der Waals surface area contributed by atoms with E-state index in [0.717, 1.165) is 37.5 Å². The molecule has 4 heteroatoms. The number of aromatic nitrogens is 1. The molecule has 1 saturated heterocycles. The lowest BCUT2D eigenvalue weighted by Gasteiger charge is -2.31. The molecule has 0 saturated carbocycles. The molecule has 0 radical (unpaired) electrons. The van der Waals surface area contributed by atoms with Gasteiger partial charge in [0.2, 0.25) is 0 Å². The SMILES string of the molecule is CNCCN1CCC(c2noc3cc(C)ccc23)CC1. The number of benzene rings is 1. The van der Waals surface area contributed by atoms with Gasteiger partial charge in [0, 0.05) is 24.4 Å². The average Bonchev–Trinajstić information content (AvgIpc) is 2.88. The van der Waals surface area contributed by atoms with Crippen molar-refractivity contribution >= 4 is 11.0 Å². The summed E-state index contributed by atoms with van der Waals surface area (Å²) in [6.07, 6.45) is 2.36. The lowest BCUT2D eigenvalue weighted by molar-refractivity contribution is 0.211. The molecule has 0 bridgehead atoms. The Kier molecular flexibility index (Phi) is 4.03. The average molecular weight is 273 g/mol. The first kappa shape index (κ1) is 13.6. The van der Waals surface area contributed by atoms with Gasteiger partial charge in [-0.3, -0.25) is 0 Å². The minimum atomic E-state index is 0.546. The van der Waals surface area contributed by atoms with Crippen molar-refractivity contribution in [2.75, 3.05) is 33.2 Å². The maximum atomic E-state index is 5.50. The van der Waals surface area contributed by atoms with Crippen LogP contribution in [0.4, 0.5) is 0 Å². The fraction of sp³-hybridized carbons (Fsp3) is 0.562. The molecule has 4 nitrogen and oxygen atoms in total.